The van der Waals surface area contributed by atoms with E-state index in [1.54, 1.807) is 0 Å². The van der Waals surface area contributed by atoms with Crippen LogP contribution in [0.2, 0.25) is 0 Å². The molecule has 0 saturated heterocycles. The second kappa shape index (κ2) is 7.73. The molecule has 1 rings (SSSR count). The normalized spacial score (nSPS) is 19.3. The summed E-state index contributed by atoms with van der Waals surface area (Å²) in [6.07, 6.45) is 8.17. The monoisotopic (exact) mass is 210 g/mol. The molecule has 0 aromatic rings. The fourth-order valence-corrected chi connectivity index (χ4v) is 1.98. The molecule has 0 aromatic heterocycles. The minimum Gasteiger partial charge on any atom is -0.396 e. The van der Waals surface area contributed by atoms with Crippen LogP contribution >= 0.6 is 0 Å². The summed E-state index contributed by atoms with van der Waals surface area (Å²) in [7, 11) is 0. The van der Waals surface area contributed by atoms with Gasteiger partial charge in [-0.1, -0.05) is 31.1 Å². The molecular weight excluding hydrogens is 188 g/mol. The van der Waals surface area contributed by atoms with E-state index in [2.05, 4.69) is 11.8 Å². The SMILES string of the molecule is OCCCCC(O)C#CC1CCCCC1. The molecular formula is C13H22O2. The smallest absolute Gasteiger partial charge is 0.114 e. The molecule has 0 bridgehead atoms. The molecule has 2 heteroatoms. The predicted octanol–water partition coefficient (Wildman–Crippen LogP) is 2.09. The molecule has 1 saturated carbocycles. The fourth-order valence-electron chi connectivity index (χ4n) is 1.98. The number of aliphatic hydroxyl groups is 2. The Kier molecular flexibility index (Phi) is 6.47. The van der Waals surface area contributed by atoms with E-state index in [-0.39, 0.29) is 6.61 Å². The maximum Gasteiger partial charge on any atom is 0.114 e. The predicted molar refractivity (Wildman–Crippen MR) is 61.3 cm³/mol. The molecule has 2 nitrogen and oxygen atoms in total. The number of hydrogen-bond donors (Lipinski definition) is 2. The minimum atomic E-state index is -0.488. The van der Waals surface area contributed by atoms with Gasteiger partial charge in [-0.25, -0.2) is 0 Å². The van der Waals surface area contributed by atoms with Crippen LogP contribution in [0.3, 0.4) is 0 Å². The van der Waals surface area contributed by atoms with Gasteiger partial charge in [0.15, 0.2) is 0 Å². The van der Waals surface area contributed by atoms with Gasteiger partial charge in [-0.2, -0.15) is 0 Å². The van der Waals surface area contributed by atoms with Crippen LogP contribution in [0.25, 0.3) is 0 Å². The third kappa shape index (κ3) is 5.81. The van der Waals surface area contributed by atoms with Crippen molar-refractivity contribution < 1.29 is 10.2 Å². The first kappa shape index (κ1) is 12.5. The molecule has 1 aliphatic carbocycles. The van der Waals surface area contributed by atoms with E-state index < -0.39 is 6.10 Å². The van der Waals surface area contributed by atoms with E-state index in [9.17, 15) is 5.11 Å². The Morgan fingerprint density at radius 2 is 1.87 bits per heavy atom. The molecule has 0 aliphatic heterocycles. The van der Waals surface area contributed by atoms with Crippen molar-refractivity contribution >= 4 is 0 Å². The lowest BCUT2D eigenvalue weighted by molar-refractivity contribution is 0.209. The van der Waals surface area contributed by atoms with Crippen molar-refractivity contribution in [3.8, 4) is 11.8 Å². The van der Waals surface area contributed by atoms with Gasteiger partial charge < -0.3 is 10.2 Å². The summed E-state index contributed by atoms with van der Waals surface area (Å²) in [5, 5.41) is 18.1. The second-order valence-electron chi connectivity index (χ2n) is 4.36. The first-order chi connectivity index (χ1) is 7.33. The Hall–Kier alpha value is -0.520. The van der Waals surface area contributed by atoms with Gasteiger partial charge in [-0.3, -0.25) is 0 Å². The number of hydrogen-bond acceptors (Lipinski definition) is 2. The number of rotatable bonds is 4. The zero-order valence-corrected chi connectivity index (χ0v) is 9.41. The average molecular weight is 210 g/mol. The average Bonchev–Trinajstić information content (AvgIpc) is 2.28. The van der Waals surface area contributed by atoms with Gasteiger partial charge in [0.05, 0.1) is 0 Å². The highest BCUT2D eigenvalue weighted by Gasteiger charge is 2.10. The summed E-state index contributed by atoms with van der Waals surface area (Å²) in [5.74, 6) is 6.64. The lowest BCUT2D eigenvalue weighted by Gasteiger charge is -2.15. The maximum absolute atomic E-state index is 9.55. The molecule has 2 N–H and O–H groups in total. The van der Waals surface area contributed by atoms with Crippen LogP contribution in [-0.4, -0.2) is 22.9 Å². The first-order valence-electron chi connectivity index (χ1n) is 6.13. The van der Waals surface area contributed by atoms with Crippen molar-refractivity contribution in [2.24, 2.45) is 5.92 Å². The summed E-state index contributed by atoms with van der Waals surface area (Å²) >= 11 is 0. The van der Waals surface area contributed by atoms with Crippen LogP contribution in [0.1, 0.15) is 51.4 Å². The lowest BCUT2D eigenvalue weighted by atomic mass is 9.89. The van der Waals surface area contributed by atoms with Crippen molar-refractivity contribution in [3.05, 3.63) is 0 Å². The summed E-state index contributed by atoms with van der Waals surface area (Å²) in [5.41, 5.74) is 0. The van der Waals surface area contributed by atoms with Gasteiger partial charge in [-0.15, -0.1) is 0 Å². The molecule has 1 unspecified atom stereocenters. The van der Waals surface area contributed by atoms with Crippen LogP contribution in [0, 0.1) is 17.8 Å². The zero-order valence-electron chi connectivity index (χ0n) is 9.41. The highest BCUT2D eigenvalue weighted by molar-refractivity contribution is 5.08. The molecule has 86 valence electrons. The molecule has 0 heterocycles. The number of aliphatic hydroxyl groups excluding tert-OH is 2. The van der Waals surface area contributed by atoms with Crippen molar-refractivity contribution in [1.29, 1.82) is 0 Å². The van der Waals surface area contributed by atoms with E-state index in [1.807, 2.05) is 0 Å². The molecule has 0 spiro atoms. The summed E-state index contributed by atoms with van der Waals surface area (Å²) < 4.78 is 0. The van der Waals surface area contributed by atoms with Crippen molar-refractivity contribution in [2.75, 3.05) is 6.61 Å². The highest BCUT2D eigenvalue weighted by Crippen LogP contribution is 2.22. The molecule has 1 aliphatic rings. The maximum atomic E-state index is 9.55. The first-order valence-corrected chi connectivity index (χ1v) is 6.13. The zero-order chi connectivity index (χ0) is 10.9. The van der Waals surface area contributed by atoms with Crippen molar-refractivity contribution in [2.45, 2.75) is 57.5 Å². The van der Waals surface area contributed by atoms with E-state index in [0.717, 1.165) is 12.8 Å². The van der Waals surface area contributed by atoms with Gasteiger partial charge >= 0.3 is 0 Å². The molecule has 0 radical (unpaired) electrons. The van der Waals surface area contributed by atoms with Crippen LogP contribution in [-0.2, 0) is 0 Å². The molecule has 0 aromatic carbocycles. The molecule has 1 fully saturated rings. The van der Waals surface area contributed by atoms with Crippen LogP contribution in [0.4, 0.5) is 0 Å². The quantitative estimate of drug-likeness (QED) is 0.551. The summed E-state index contributed by atoms with van der Waals surface area (Å²) in [6.45, 7) is 0.211. The van der Waals surface area contributed by atoms with Crippen molar-refractivity contribution in [3.63, 3.8) is 0 Å². The Bertz CT molecular complexity index is 208. The summed E-state index contributed by atoms with van der Waals surface area (Å²) in [6, 6.07) is 0. The van der Waals surface area contributed by atoms with Gasteiger partial charge in [0, 0.05) is 12.5 Å². The second-order valence-corrected chi connectivity index (χ2v) is 4.36. The van der Waals surface area contributed by atoms with Gasteiger partial charge in [0.2, 0.25) is 0 Å². The Morgan fingerprint density at radius 1 is 1.13 bits per heavy atom. The molecule has 15 heavy (non-hydrogen) atoms. The van der Waals surface area contributed by atoms with Crippen LogP contribution in [0.15, 0.2) is 0 Å². The van der Waals surface area contributed by atoms with Crippen LogP contribution in [0.5, 0.6) is 0 Å². The fraction of sp³-hybridized carbons (Fsp3) is 0.846. The Balaban J connectivity index is 2.17. The van der Waals surface area contributed by atoms with Gasteiger partial charge in [0.25, 0.3) is 0 Å². The van der Waals surface area contributed by atoms with E-state index >= 15 is 0 Å². The van der Waals surface area contributed by atoms with Crippen molar-refractivity contribution in [1.82, 2.24) is 0 Å². The Labute approximate surface area is 92.7 Å². The van der Waals surface area contributed by atoms with Crippen LogP contribution < -0.4 is 0 Å². The molecule has 0 amide bonds. The Morgan fingerprint density at radius 3 is 2.53 bits per heavy atom. The van der Waals surface area contributed by atoms with E-state index in [0.29, 0.717) is 12.3 Å². The third-order valence-electron chi connectivity index (χ3n) is 2.94. The van der Waals surface area contributed by atoms with Gasteiger partial charge in [0.1, 0.15) is 6.10 Å². The van der Waals surface area contributed by atoms with Gasteiger partial charge in [-0.05, 0) is 32.1 Å². The minimum absolute atomic E-state index is 0.211. The molecule has 1 atom stereocenters. The topological polar surface area (TPSA) is 40.5 Å². The van der Waals surface area contributed by atoms with E-state index in [1.165, 1.54) is 32.1 Å². The highest BCUT2D eigenvalue weighted by atomic mass is 16.3. The third-order valence-corrected chi connectivity index (χ3v) is 2.94. The van der Waals surface area contributed by atoms with E-state index in [4.69, 9.17) is 5.11 Å². The summed E-state index contributed by atoms with van der Waals surface area (Å²) in [4.78, 5) is 0. The standard InChI is InChI=1S/C13H22O2/c14-11-5-4-8-13(15)10-9-12-6-2-1-3-7-12/h12-15H,1-8,11H2. The lowest BCUT2D eigenvalue weighted by Crippen LogP contribution is -2.07. The largest absolute Gasteiger partial charge is 0.396 e. The number of unbranched alkanes of at least 4 members (excludes halogenated alkanes) is 1.